The van der Waals surface area contributed by atoms with Crippen LogP contribution in [0.4, 0.5) is 13.2 Å². The van der Waals surface area contributed by atoms with Crippen molar-refractivity contribution in [2.24, 2.45) is 11.8 Å². The largest absolute Gasteiger partial charge is 0.481 e. The second-order valence-electron chi connectivity index (χ2n) is 6.09. The van der Waals surface area contributed by atoms with Crippen LogP contribution in [-0.2, 0) is 16.1 Å². The molecule has 0 bridgehead atoms. The molecule has 0 radical (unpaired) electrons. The van der Waals surface area contributed by atoms with E-state index >= 15 is 0 Å². The van der Waals surface area contributed by atoms with Gasteiger partial charge in [-0.05, 0) is 6.07 Å². The number of carbonyl (C=O) groups is 2. The summed E-state index contributed by atoms with van der Waals surface area (Å²) >= 11 is 0. The monoisotopic (exact) mass is 369 g/mol. The van der Waals surface area contributed by atoms with Crippen LogP contribution in [0, 0.1) is 11.8 Å². The molecular formula is C16H14F3N3O4. The highest BCUT2D eigenvalue weighted by Gasteiger charge is 2.53. The van der Waals surface area contributed by atoms with Crippen molar-refractivity contribution in [2.75, 3.05) is 13.1 Å². The lowest BCUT2D eigenvalue weighted by Crippen LogP contribution is -2.37. The number of aromatic nitrogens is 2. The average molecular weight is 369 g/mol. The van der Waals surface area contributed by atoms with Gasteiger partial charge >= 0.3 is 12.1 Å². The van der Waals surface area contributed by atoms with Crippen molar-refractivity contribution in [1.29, 1.82) is 0 Å². The third-order valence-corrected chi connectivity index (χ3v) is 4.46. The van der Waals surface area contributed by atoms with Crippen LogP contribution in [0.5, 0.6) is 0 Å². The lowest BCUT2D eigenvalue weighted by molar-refractivity contribution is -0.188. The zero-order chi connectivity index (χ0) is 19.1. The van der Waals surface area contributed by atoms with Gasteiger partial charge < -0.3 is 10.0 Å². The van der Waals surface area contributed by atoms with Gasteiger partial charge in [0.2, 0.25) is 5.91 Å². The van der Waals surface area contributed by atoms with Crippen LogP contribution in [0.1, 0.15) is 0 Å². The molecular weight excluding hydrogens is 355 g/mol. The van der Waals surface area contributed by atoms with Crippen LogP contribution in [0.25, 0.3) is 10.8 Å². The Bertz CT molecular complexity index is 925. The third kappa shape index (κ3) is 3.26. The zero-order valence-corrected chi connectivity index (χ0v) is 13.3. The van der Waals surface area contributed by atoms with Gasteiger partial charge in [-0.2, -0.15) is 18.3 Å². The number of halogens is 3. The summed E-state index contributed by atoms with van der Waals surface area (Å²) in [5.74, 6) is -6.25. The van der Waals surface area contributed by atoms with Crippen molar-refractivity contribution in [2.45, 2.75) is 12.7 Å². The molecule has 0 aliphatic carbocycles. The first-order valence-electron chi connectivity index (χ1n) is 7.70. The van der Waals surface area contributed by atoms with E-state index in [9.17, 15) is 27.6 Å². The number of aliphatic carboxylic acids is 1. The first-order valence-corrected chi connectivity index (χ1v) is 7.70. The average Bonchev–Trinajstić information content (AvgIpc) is 3.04. The van der Waals surface area contributed by atoms with Gasteiger partial charge in [-0.3, -0.25) is 14.4 Å². The van der Waals surface area contributed by atoms with Gasteiger partial charge in [0.25, 0.3) is 5.56 Å². The van der Waals surface area contributed by atoms with E-state index in [-0.39, 0.29) is 0 Å². The highest BCUT2D eigenvalue weighted by molar-refractivity contribution is 5.81. The fourth-order valence-corrected chi connectivity index (χ4v) is 3.06. The van der Waals surface area contributed by atoms with Gasteiger partial charge in [0.1, 0.15) is 6.54 Å². The van der Waals surface area contributed by atoms with E-state index in [4.69, 9.17) is 5.11 Å². The number of carboxylic acids is 1. The van der Waals surface area contributed by atoms with Gasteiger partial charge in [-0.15, -0.1) is 0 Å². The van der Waals surface area contributed by atoms with E-state index in [1.54, 1.807) is 24.3 Å². The summed E-state index contributed by atoms with van der Waals surface area (Å²) in [6.45, 7) is -1.86. The van der Waals surface area contributed by atoms with Crippen LogP contribution in [0.3, 0.4) is 0 Å². The van der Waals surface area contributed by atoms with E-state index in [1.807, 2.05) is 0 Å². The molecule has 1 aromatic heterocycles. The molecule has 1 amide bonds. The third-order valence-electron chi connectivity index (χ3n) is 4.46. The standard InChI is InChI=1S/C16H14F3N3O4/c17-16(18,19)12-7-21(6-11(12)15(25)26)13(23)8-22-14(24)10-4-2-1-3-9(10)5-20-22/h1-5,11-12H,6-8H2,(H,25,26)/t11-,12-/m1/s1. The summed E-state index contributed by atoms with van der Waals surface area (Å²) in [5.41, 5.74) is -0.544. The fourth-order valence-electron chi connectivity index (χ4n) is 3.06. The Kier molecular flexibility index (Phi) is 4.43. The minimum absolute atomic E-state index is 0.327. The maximum Gasteiger partial charge on any atom is 0.394 e. The van der Waals surface area contributed by atoms with Gasteiger partial charge in [0, 0.05) is 18.5 Å². The fraction of sp³-hybridized carbons (Fsp3) is 0.375. The van der Waals surface area contributed by atoms with Crippen molar-refractivity contribution < 1.29 is 27.9 Å². The summed E-state index contributed by atoms with van der Waals surface area (Å²) in [5, 5.41) is 13.8. The van der Waals surface area contributed by atoms with Crippen LogP contribution in [0.2, 0.25) is 0 Å². The number of hydrogen-bond acceptors (Lipinski definition) is 4. The summed E-state index contributed by atoms with van der Waals surface area (Å²) in [7, 11) is 0. The number of carboxylic acid groups (broad SMARTS) is 1. The molecule has 2 heterocycles. The number of nitrogens with zero attached hydrogens (tertiary/aromatic N) is 3. The molecule has 0 unspecified atom stereocenters. The smallest absolute Gasteiger partial charge is 0.394 e. The van der Waals surface area contributed by atoms with Crippen LogP contribution >= 0.6 is 0 Å². The minimum atomic E-state index is -4.73. The minimum Gasteiger partial charge on any atom is -0.481 e. The Morgan fingerprint density at radius 1 is 1.23 bits per heavy atom. The molecule has 138 valence electrons. The maximum atomic E-state index is 13.0. The van der Waals surface area contributed by atoms with Crippen LogP contribution in [0.15, 0.2) is 35.3 Å². The van der Waals surface area contributed by atoms with E-state index in [2.05, 4.69) is 5.10 Å². The van der Waals surface area contributed by atoms with E-state index in [0.29, 0.717) is 10.8 Å². The van der Waals surface area contributed by atoms with E-state index in [0.717, 1.165) is 9.58 Å². The highest BCUT2D eigenvalue weighted by Crippen LogP contribution is 2.37. The highest BCUT2D eigenvalue weighted by atomic mass is 19.4. The zero-order valence-electron chi connectivity index (χ0n) is 13.3. The van der Waals surface area contributed by atoms with Crippen molar-refractivity contribution in [3.8, 4) is 0 Å². The molecule has 2 atom stereocenters. The molecule has 1 fully saturated rings. The molecule has 1 aromatic carbocycles. The summed E-state index contributed by atoms with van der Waals surface area (Å²) < 4.78 is 39.9. The molecule has 26 heavy (non-hydrogen) atoms. The van der Waals surface area contributed by atoms with Gasteiger partial charge in [0.05, 0.1) is 23.4 Å². The number of alkyl halides is 3. The maximum absolute atomic E-state index is 13.0. The number of likely N-dealkylation sites (tertiary alicyclic amines) is 1. The Morgan fingerprint density at radius 2 is 1.92 bits per heavy atom. The van der Waals surface area contributed by atoms with Crippen molar-refractivity contribution >= 4 is 22.6 Å². The molecule has 1 saturated heterocycles. The quantitative estimate of drug-likeness (QED) is 0.875. The number of benzene rings is 1. The lowest BCUT2D eigenvalue weighted by Gasteiger charge is -2.18. The molecule has 1 aliphatic rings. The van der Waals surface area contributed by atoms with Crippen molar-refractivity contribution in [3.63, 3.8) is 0 Å². The molecule has 2 aromatic rings. The first kappa shape index (κ1) is 17.9. The predicted molar refractivity (Wildman–Crippen MR) is 83.3 cm³/mol. The van der Waals surface area contributed by atoms with Crippen LogP contribution < -0.4 is 5.56 Å². The molecule has 0 saturated carbocycles. The van der Waals surface area contributed by atoms with Gasteiger partial charge in [0.15, 0.2) is 0 Å². The number of hydrogen-bond donors (Lipinski definition) is 1. The normalized spacial score (nSPS) is 20.5. The van der Waals surface area contributed by atoms with Gasteiger partial charge in [-0.25, -0.2) is 4.68 Å². The van der Waals surface area contributed by atoms with E-state index < -0.39 is 55.1 Å². The Hall–Kier alpha value is -2.91. The number of carbonyl (C=O) groups excluding carboxylic acids is 1. The molecule has 10 heteroatoms. The second-order valence-corrected chi connectivity index (χ2v) is 6.09. The Morgan fingerprint density at radius 3 is 2.54 bits per heavy atom. The Balaban J connectivity index is 1.82. The summed E-state index contributed by atoms with van der Waals surface area (Å²) in [6, 6.07) is 6.58. The van der Waals surface area contributed by atoms with Gasteiger partial charge in [-0.1, -0.05) is 18.2 Å². The molecule has 1 aliphatic heterocycles. The molecule has 1 N–H and O–H groups in total. The second kappa shape index (κ2) is 6.43. The first-order chi connectivity index (χ1) is 12.2. The number of amides is 1. The summed E-state index contributed by atoms with van der Waals surface area (Å²) in [4.78, 5) is 36.5. The number of rotatable bonds is 3. The van der Waals surface area contributed by atoms with E-state index in [1.165, 1.54) is 6.20 Å². The molecule has 0 spiro atoms. The molecule has 3 rings (SSSR count). The van der Waals surface area contributed by atoms with Crippen molar-refractivity contribution in [1.82, 2.24) is 14.7 Å². The summed E-state index contributed by atoms with van der Waals surface area (Å²) in [6.07, 6.45) is -3.34. The predicted octanol–water partition coefficient (Wildman–Crippen LogP) is 1.12. The van der Waals surface area contributed by atoms with Crippen molar-refractivity contribution in [3.05, 3.63) is 40.8 Å². The molecule has 7 nitrogen and oxygen atoms in total. The Labute approximate surface area is 144 Å². The number of fused-ring (bicyclic) bond motifs is 1. The SMILES string of the molecule is O=C(O)[C@@H]1CN(C(=O)Cn2ncc3ccccc3c2=O)C[C@H]1C(F)(F)F. The van der Waals surface area contributed by atoms with Crippen LogP contribution in [-0.4, -0.2) is 50.9 Å². The lowest BCUT2D eigenvalue weighted by atomic mass is 9.96. The topological polar surface area (TPSA) is 92.5 Å².